The Balaban J connectivity index is 1.85. The lowest BCUT2D eigenvalue weighted by Gasteiger charge is -2.05. The number of aromatic nitrogens is 2. The van der Waals surface area contributed by atoms with Crippen molar-refractivity contribution in [3.8, 4) is 0 Å². The Morgan fingerprint density at radius 2 is 1.54 bits per heavy atom. The van der Waals surface area contributed by atoms with E-state index in [1.807, 2.05) is 6.07 Å². The van der Waals surface area contributed by atoms with Crippen molar-refractivity contribution in [1.82, 2.24) is 8.96 Å². The first-order chi connectivity index (χ1) is 11.5. The predicted molar refractivity (Wildman–Crippen MR) is 97.6 cm³/mol. The minimum Gasteiger partial charge on any atom is -0.269 e. The highest BCUT2D eigenvalue weighted by molar-refractivity contribution is 7.84. The van der Waals surface area contributed by atoms with E-state index >= 15 is 0 Å². The molecule has 0 aliphatic rings. The molecule has 0 saturated heterocycles. The fourth-order valence-electron chi connectivity index (χ4n) is 3.06. The second-order valence-corrected chi connectivity index (χ2v) is 7.60. The molecule has 0 fully saturated rings. The Kier molecular flexibility index (Phi) is 7.24. The molecule has 0 atom stereocenters. The van der Waals surface area contributed by atoms with Crippen LogP contribution in [0.3, 0.4) is 0 Å². The summed E-state index contributed by atoms with van der Waals surface area (Å²) in [7, 11) is -4.32. The Labute approximate surface area is 145 Å². The molecule has 134 valence electrons. The first kappa shape index (κ1) is 18.9. The quantitative estimate of drug-likeness (QED) is 0.467. The molecule has 1 aromatic heterocycles. The smallest absolute Gasteiger partial charge is 0.269 e. The molecular formula is C18H28N2O3S. The molecule has 1 N–H and O–H groups in total. The zero-order valence-electron chi connectivity index (χ0n) is 14.4. The van der Waals surface area contributed by atoms with Crippen LogP contribution in [0, 0.1) is 0 Å². The third-order valence-electron chi connectivity index (χ3n) is 4.32. The summed E-state index contributed by atoms with van der Waals surface area (Å²) in [5, 5.41) is 0. The van der Waals surface area contributed by atoms with Crippen LogP contribution in [0.4, 0.5) is 0 Å². The number of hydrogen-bond acceptors (Lipinski definition) is 3. The van der Waals surface area contributed by atoms with Gasteiger partial charge in [-0.25, -0.2) is 8.96 Å². The summed E-state index contributed by atoms with van der Waals surface area (Å²) < 4.78 is 33.8. The molecule has 0 aliphatic carbocycles. The highest BCUT2D eigenvalue weighted by atomic mass is 32.2. The van der Waals surface area contributed by atoms with E-state index in [2.05, 4.69) is 11.9 Å². The van der Waals surface area contributed by atoms with Crippen LogP contribution in [0.15, 0.2) is 24.3 Å². The summed E-state index contributed by atoms with van der Waals surface area (Å²) in [4.78, 5) is 4.37. The molecule has 2 rings (SSSR count). The molecule has 6 heteroatoms. The lowest BCUT2D eigenvalue weighted by Crippen LogP contribution is -2.14. The van der Waals surface area contributed by atoms with Gasteiger partial charge in [0, 0.05) is 6.42 Å². The average Bonchev–Trinajstić information content (AvgIpc) is 2.91. The molecule has 5 nitrogen and oxygen atoms in total. The number of para-hydroxylation sites is 2. The number of fused-ring (bicyclic) bond motifs is 1. The van der Waals surface area contributed by atoms with E-state index in [1.54, 1.807) is 18.2 Å². The van der Waals surface area contributed by atoms with Crippen LogP contribution >= 0.6 is 0 Å². The predicted octanol–water partition coefficient (Wildman–Crippen LogP) is 4.76. The maximum absolute atomic E-state index is 11.7. The SMILES string of the molecule is CCCCCCCCCCCc1nc2ccccc2n1S(=O)(=O)O. The molecule has 0 bridgehead atoms. The van der Waals surface area contributed by atoms with E-state index in [0.717, 1.165) is 23.2 Å². The van der Waals surface area contributed by atoms with Crippen molar-refractivity contribution < 1.29 is 13.0 Å². The van der Waals surface area contributed by atoms with E-state index in [1.165, 1.54) is 38.5 Å². The van der Waals surface area contributed by atoms with Crippen molar-refractivity contribution in [3.05, 3.63) is 30.1 Å². The third kappa shape index (κ3) is 5.31. The molecule has 0 radical (unpaired) electrons. The van der Waals surface area contributed by atoms with Crippen LogP contribution < -0.4 is 0 Å². The Morgan fingerprint density at radius 3 is 2.17 bits per heavy atom. The van der Waals surface area contributed by atoms with Gasteiger partial charge in [0.25, 0.3) is 0 Å². The lowest BCUT2D eigenvalue weighted by molar-refractivity contribution is 0.471. The first-order valence-corrected chi connectivity index (χ1v) is 10.4. The van der Waals surface area contributed by atoms with Gasteiger partial charge >= 0.3 is 10.3 Å². The zero-order valence-corrected chi connectivity index (χ0v) is 15.3. The van der Waals surface area contributed by atoms with Gasteiger partial charge in [-0.3, -0.25) is 4.55 Å². The van der Waals surface area contributed by atoms with E-state index in [4.69, 9.17) is 0 Å². The van der Waals surface area contributed by atoms with Gasteiger partial charge in [-0.2, -0.15) is 8.42 Å². The minimum absolute atomic E-state index is 0.418. The van der Waals surface area contributed by atoms with Crippen LogP contribution in [-0.2, 0) is 16.7 Å². The second kappa shape index (κ2) is 9.18. The number of aryl methyl sites for hydroxylation is 1. The van der Waals surface area contributed by atoms with Crippen LogP contribution in [0.25, 0.3) is 11.0 Å². The van der Waals surface area contributed by atoms with Crippen molar-refractivity contribution in [2.24, 2.45) is 0 Å². The third-order valence-corrected chi connectivity index (χ3v) is 5.19. The number of imidazole rings is 1. The summed E-state index contributed by atoms with van der Waals surface area (Å²) in [6.07, 6.45) is 11.4. The van der Waals surface area contributed by atoms with Gasteiger partial charge in [-0.15, -0.1) is 0 Å². The van der Waals surface area contributed by atoms with Crippen LogP contribution in [0.1, 0.15) is 70.5 Å². The summed E-state index contributed by atoms with van der Waals surface area (Å²) >= 11 is 0. The van der Waals surface area contributed by atoms with Gasteiger partial charge in [-0.05, 0) is 18.6 Å². The van der Waals surface area contributed by atoms with Crippen LogP contribution in [-0.4, -0.2) is 21.9 Å². The highest BCUT2D eigenvalue weighted by Gasteiger charge is 2.18. The molecule has 0 saturated carbocycles. The Morgan fingerprint density at radius 1 is 0.958 bits per heavy atom. The maximum atomic E-state index is 11.7. The summed E-state index contributed by atoms with van der Waals surface area (Å²) in [5.74, 6) is 0.418. The number of unbranched alkanes of at least 4 members (excludes halogenated alkanes) is 8. The van der Waals surface area contributed by atoms with E-state index < -0.39 is 10.3 Å². The molecule has 2 aromatic rings. The molecule has 0 spiro atoms. The van der Waals surface area contributed by atoms with E-state index in [9.17, 15) is 13.0 Å². The molecule has 0 amide bonds. The topological polar surface area (TPSA) is 72.2 Å². The van der Waals surface area contributed by atoms with Crippen molar-refractivity contribution >= 4 is 21.3 Å². The highest BCUT2D eigenvalue weighted by Crippen LogP contribution is 2.20. The van der Waals surface area contributed by atoms with E-state index in [0.29, 0.717) is 23.3 Å². The van der Waals surface area contributed by atoms with E-state index in [-0.39, 0.29) is 0 Å². The number of nitrogens with zero attached hydrogens (tertiary/aromatic N) is 2. The standard InChI is InChI=1S/C18H28N2O3S/c1-2-3-4-5-6-7-8-9-10-15-18-19-16-13-11-12-14-17(16)20(18)24(21,22)23/h11-14H,2-10,15H2,1H3,(H,21,22,23). The molecule has 0 unspecified atom stereocenters. The number of rotatable bonds is 11. The normalized spacial score (nSPS) is 12.1. The fourth-order valence-corrected chi connectivity index (χ4v) is 3.86. The van der Waals surface area contributed by atoms with Crippen LogP contribution in [0.5, 0.6) is 0 Å². The van der Waals surface area contributed by atoms with Gasteiger partial charge in [0.2, 0.25) is 0 Å². The minimum atomic E-state index is -4.32. The van der Waals surface area contributed by atoms with Gasteiger partial charge < -0.3 is 0 Å². The maximum Gasteiger partial charge on any atom is 0.365 e. The summed E-state index contributed by atoms with van der Waals surface area (Å²) in [6, 6.07) is 6.98. The van der Waals surface area contributed by atoms with Crippen LogP contribution in [0.2, 0.25) is 0 Å². The van der Waals surface area contributed by atoms with Gasteiger partial charge in [0.1, 0.15) is 5.82 Å². The molecular weight excluding hydrogens is 324 g/mol. The summed E-state index contributed by atoms with van der Waals surface area (Å²) in [6.45, 7) is 2.22. The van der Waals surface area contributed by atoms with Gasteiger partial charge in [-0.1, -0.05) is 70.4 Å². The Hall–Kier alpha value is -1.40. The lowest BCUT2D eigenvalue weighted by atomic mass is 10.1. The monoisotopic (exact) mass is 352 g/mol. The van der Waals surface area contributed by atoms with Gasteiger partial charge in [0.15, 0.2) is 0 Å². The fraction of sp³-hybridized carbons (Fsp3) is 0.611. The second-order valence-electron chi connectivity index (χ2n) is 6.34. The van der Waals surface area contributed by atoms with Crippen molar-refractivity contribution in [1.29, 1.82) is 0 Å². The molecule has 1 aromatic carbocycles. The molecule has 24 heavy (non-hydrogen) atoms. The summed E-state index contributed by atoms with van der Waals surface area (Å²) in [5.41, 5.74) is 1.03. The Bertz CT molecular complexity index is 738. The van der Waals surface area contributed by atoms with Gasteiger partial charge in [0.05, 0.1) is 11.0 Å². The van der Waals surface area contributed by atoms with Crippen molar-refractivity contribution in [2.45, 2.75) is 71.1 Å². The number of benzene rings is 1. The average molecular weight is 353 g/mol. The largest absolute Gasteiger partial charge is 0.365 e. The zero-order chi connectivity index (χ0) is 17.4. The van der Waals surface area contributed by atoms with Crippen molar-refractivity contribution in [3.63, 3.8) is 0 Å². The first-order valence-electron chi connectivity index (χ1n) is 8.98. The van der Waals surface area contributed by atoms with Crippen molar-refractivity contribution in [2.75, 3.05) is 0 Å². The molecule has 0 aliphatic heterocycles. The number of hydrogen-bond donors (Lipinski definition) is 1. The molecule has 1 heterocycles.